The van der Waals surface area contributed by atoms with Gasteiger partial charge in [0.15, 0.2) is 0 Å². The van der Waals surface area contributed by atoms with E-state index in [0.29, 0.717) is 22.6 Å². The largest absolute Gasteiger partial charge is 0.497 e. The summed E-state index contributed by atoms with van der Waals surface area (Å²) in [6, 6.07) is 21.4. The quantitative estimate of drug-likeness (QED) is 0.318. The van der Waals surface area contributed by atoms with Crippen LogP contribution in [-0.4, -0.2) is 39.0 Å². The maximum atomic E-state index is 13.1. The van der Waals surface area contributed by atoms with Gasteiger partial charge in [-0.1, -0.05) is 0 Å². The molecule has 0 radical (unpaired) electrons. The number of carbonyl (C=O) groups is 1. The predicted molar refractivity (Wildman–Crippen MR) is 117 cm³/mol. The third-order valence-corrected chi connectivity index (χ3v) is 4.41. The number of hydrogen-bond acceptors (Lipinski definition) is 6. The molecule has 0 N–H and O–H groups in total. The Morgan fingerprint density at radius 3 is 1.57 bits per heavy atom. The number of hydrogen-bond donors (Lipinski definition) is 0. The minimum atomic E-state index is -0.241. The number of Topliss-reactive ketones (excluding diaryl/α,β-unsaturated/α-hetero) is 1. The van der Waals surface area contributed by atoms with Crippen molar-refractivity contribution < 1.29 is 19.0 Å². The lowest BCUT2D eigenvalue weighted by atomic mass is 10.0. The minimum absolute atomic E-state index is 0.229. The molecule has 0 fully saturated rings. The van der Waals surface area contributed by atoms with E-state index in [1.165, 1.54) is 0 Å². The summed E-state index contributed by atoms with van der Waals surface area (Å²) in [5.74, 6) is 1.88. The Morgan fingerprint density at radius 2 is 1.10 bits per heavy atom. The van der Waals surface area contributed by atoms with Gasteiger partial charge in [0.25, 0.3) is 0 Å². The molecular weight excluding hydrogens is 380 g/mol. The van der Waals surface area contributed by atoms with Crippen LogP contribution in [0.2, 0.25) is 0 Å². The van der Waals surface area contributed by atoms with Gasteiger partial charge in [0, 0.05) is 11.1 Å². The Hall–Kier alpha value is -3.93. The lowest BCUT2D eigenvalue weighted by Gasteiger charge is -2.07. The molecule has 0 spiro atoms. The normalized spacial score (nSPS) is 11.4. The number of benzene rings is 3. The summed E-state index contributed by atoms with van der Waals surface area (Å²) in [7, 11) is 4.78. The zero-order chi connectivity index (χ0) is 21.3. The van der Waals surface area contributed by atoms with Gasteiger partial charge in [-0.25, -0.2) is 0 Å². The van der Waals surface area contributed by atoms with Gasteiger partial charge >= 0.3 is 0 Å². The van der Waals surface area contributed by atoms with Gasteiger partial charge in [-0.15, -0.1) is 5.10 Å². The first-order valence-corrected chi connectivity index (χ1v) is 9.23. The summed E-state index contributed by atoms with van der Waals surface area (Å²) >= 11 is 0. The van der Waals surface area contributed by atoms with Crippen molar-refractivity contribution in [3.63, 3.8) is 0 Å². The molecule has 0 aliphatic heterocycles. The van der Waals surface area contributed by atoms with Gasteiger partial charge in [-0.05, 0) is 78.4 Å². The molecule has 0 saturated heterocycles. The van der Waals surface area contributed by atoms with Crippen molar-refractivity contribution in [2.24, 2.45) is 10.2 Å². The van der Waals surface area contributed by atoms with Gasteiger partial charge in [0.1, 0.15) is 23.0 Å². The highest BCUT2D eigenvalue weighted by Crippen LogP contribution is 2.17. The van der Waals surface area contributed by atoms with Crippen LogP contribution in [0, 0.1) is 0 Å². The molecule has 0 bridgehead atoms. The standard InChI is InChI=1S/C24H22N2O4/c1-28-20-10-4-17(5-11-20)16-25-26-23(18-6-12-21(29-2)13-7-18)24(27)19-8-14-22(30-3)15-9-19/h4-16H,1-3H3/b25-16-,26-23+. The third kappa shape index (κ3) is 5.11. The van der Waals surface area contributed by atoms with E-state index in [-0.39, 0.29) is 11.5 Å². The van der Waals surface area contributed by atoms with E-state index < -0.39 is 0 Å². The Balaban J connectivity index is 1.93. The molecule has 0 aromatic heterocycles. The number of nitrogens with zero attached hydrogens (tertiary/aromatic N) is 2. The van der Waals surface area contributed by atoms with Gasteiger partial charge in [0.05, 0.1) is 27.5 Å². The maximum absolute atomic E-state index is 13.1. The molecule has 0 unspecified atom stereocenters. The fourth-order valence-corrected chi connectivity index (χ4v) is 2.71. The summed E-state index contributed by atoms with van der Waals surface area (Å²) < 4.78 is 15.5. The van der Waals surface area contributed by atoms with Crippen LogP contribution in [0.1, 0.15) is 21.5 Å². The van der Waals surface area contributed by atoms with Gasteiger partial charge in [-0.3, -0.25) is 4.79 Å². The molecule has 6 heteroatoms. The average molecular weight is 402 g/mol. The van der Waals surface area contributed by atoms with Crippen molar-refractivity contribution in [2.75, 3.05) is 21.3 Å². The van der Waals surface area contributed by atoms with E-state index in [1.807, 2.05) is 24.3 Å². The highest BCUT2D eigenvalue weighted by molar-refractivity contribution is 6.51. The van der Waals surface area contributed by atoms with Crippen molar-refractivity contribution >= 4 is 17.7 Å². The number of ketones is 1. The molecule has 152 valence electrons. The summed E-state index contributed by atoms with van der Waals surface area (Å²) in [4.78, 5) is 13.1. The van der Waals surface area contributed by atoms with Crippen molar-refractivity contribution in [3.8, 4) is 17.2 Å². The van der Waals surface area contributed by atoms with Crippen LogP contribution in [0.15, 0.2) is 83.0 Å². The average Bonchev–Trinajstić information content (AvgIpc) is 2.82. The zero-order valence-electron chi connectivity index (χ0n) is 17.0. The van der Waals surface area contributed by atoms with E-state index in [9.17, 15) is 4.79 Å². The lowest BCUT2D eigenvalue weighted by molar-refractivity contribution is 0.106. The van der Waals surface area contributed by atoms with E-state index in [4.69, 9.17) is 14.2 Å². The topological polar surface area (TPSA) is 69.5 Å². The van der Waals surface area contributed by atoms with Crippen LogP contribution in [-0.2, 0) is 0 Å². The van der Waals surface area contributed by atoms with E-state index >= 15 is 0 Å². The second-order valence-corrected chi connectivity index (χ2v) is 6.25. The van der Waals surface area contributed by atoms with Crippen molar-refractivity contribution in [2.45, 2.75) is 0 Å². The molecule has 0 heterocycles. The monoisotopic (exact) mass is 402 g/mol. The highest BCUT2D eigenvalue weighted by atomic mass is 16.5. The maximum Gasteiger partial charge on any atom is 0.213 e. The molecule has 0 aliphatic carbocycles. The van der Waals surface area contributed by atoms with Crippen LogP contribution < -0.4 is 14.2 Å². The van der Waals surface area contributed by atoms with Crippen LogP contribution in [0.4, 0.5) is 0 Å². The molecule has 3 rings (SSSR count). The lowest BCUT2D eigenvalue weighted by Crippen LogP contribution is -2.15. The Kier molecular flexibility index (Phi) is 6.95. The number of rotatable bonds is 8. The summed E-state index contributed by atoms with van der Waals surface area (Å²) in [6.07, 6.45) is 1.59. The first-order chi connectivity index (χ1) is 14.6. The molecule has 0 amide bonds. The highest BCUT2D eigenvalue weighted by Gasteiger charge is 2.17. The summed E-state index contributed by atoms with van der Waals surface area (Å²) in [5.41, 5.74) is 2.20. The van der Waals surface area contributed by atoms with E-state index in [0.717, 1.165) is 11.3 Å². The number of carbonyl (C=O) groups excluding carboxylic acids is 1. The fraction of sp³-hybridized carbons (Fsp3) is 0.125. The Bertz CT molecular complexity index is 1040. The van der Waals surface area contributed by atoms with Crippen LogP contribution in [0.5, 0.6) is 17.2 Å². The van der Waals surface area contributed by atoms with E-state index in [2.05, 4.69) is 10.2 Å². The second-order valence-electron chi connectivity index (χ2n) is 6.25. The van der Waals surface area contributed by atoms with Gasteiger partial charge < -0.3 is 14.2 Å². The van der Waals surface area contributed by atoms with Crippen LogP contribution >= 0.6 is 0 Å². The molecule has 0 saturated carbocycles. The predicted octanol–water partition coefficient (Wildman–Crippen LogP) is 4.42. The van der Waals surface area contributed by atoms with Crippen LogP contribution in [0.3, 0.4) is 0 Å². The van der Waals surface area contributed by atoms with Crippen molar-refractivity contribution in [3.05, 3.63) is 89.5 Å². The molecule has 3 aromatic carbocycles. The third-order valence-electron chi connectivity index (χ3n) is 4.41. The SMILES string of the molecule is COc1ccc(/C=N\N=C(\C(=O)c2ccc(OC)cc2)c2ccc(OC)cc2)cc1. The molecule has 0 atom stereocenters. The summed E-state index contributed by atoms with van der Waals surface area (Å²) in [5, 5.41) is 8.38. The molecule has 6 nitrogen and oxygen atoms in total. The Labute approximate surface area is 175 Å². The van der Waals surface area contributed by atoms with Crippen molar-refractivity contribution in [1.29, 1.82) is 0 Å². The minimum Gasteiger partial charge on any atom is -0.497 e. The Morgan fingerprint density at radius 1 is 0.667 bits per heavy atom. The first kappa shape index (κ1) is 20.8. The van der Waals surface area contributed by atoms with E-state index in [1.54, 1.807) is 76.1 Å². The first-order valence-electron chi connectivity index (χ1n) is 9.23. The number of methoxy groups -OCH3 is 3. The summed E-state index contributed by atoms with van der Waals surface area (Å²) in [6.45, 7) is 0. The van der Waals surface area contributed by atoms with Crippen LogP contribution in [0.25, 0.3) is 0 Å². The number of ether oxygens (including phenoxy) is 3. The second kappa shape index (κ2) is 10.0. The molecule has 3 aromatic rings. The molecule has 30 heavy (non-hydrogen) atoms. The smallest absolute Gasteiger partial charge is 0.213 e. The molecule has 0 aliphatic rings. The fourth-order valence-electron chi connectivity index (χ4n) is 2.71. The zero-order valence-corrected chi connectivity index (χ0v) is 17.0. The van der Waals surface area contributed by atoms with Gasteiger partial charge in [0.2, 0.25) is 5.78 Å². The van der Waals surface area contributed by atoms with Gasteiger partial charge in [-0.2, -0.15) is 5.10 Å². The van der Waals surface area contributed by atoms with Crippen molar-refractivity contribution in [1.82, 2.24) is 0 Å². The molecular formula is C24H22N2O4.